The summed E-state index contributed by atoms with van der Waals surface area (Å²) >= 11 is 0. The molecule has 0 amide bonds. The number of methoxy groups -OCH3 is 2. The molecule has 0 radical (unpaired) electrons. The smallest absolute Gasteiger partial charge is 0.210 e. The van der Waals surface area contributed by atoms with Gasteiger partial charge in [-0.05, 0) is 18.1 Å². The van der Waals surface area contributed by atoms with E-state index in [1.54, 1.807) is 20.3 Å². The number of benzene rings is 1. The van der Waals surface area contributed by atoms with Gasteiger partial charge < -0.3 is 14.8 Å². The van der Waals surface area contributed by atoms with Crippen molar-refractivity contribution in [2.45, 2.75) is 13.8 Å². The van der Waals surface area contributed by atoms with Crippen molar-refractivity contribution in [3.8, 4) is 11.5 Å². The minimum atomic E-state index is 0.461. The highest BCUT2D eigenvalue weighted by Gasteiger charge is 2.07. The van der Waals surface area contributed by atoms with Gasteiger partial charge in [-0.1, -0.05) is 13.8 Å². The summed E-state index contributed by atoms with van der Waals surface area (Å²) in [5.74, 6) is 7.79. The zero-order valence-electron chi connectivity index (χ0n) is 11.9. The summed E-state index contributed by atoms with van der Waals surface area (Å²) in [5.41, 5.74) is 3.31. The summed E-state index contributed by atoms with van der Waals surface area (Å²) < 4.78 is 10.4. The predicted octanol–water partition coefficient (Wildman–Crippen LogP) is 1.59. The minimum absolute atomic E-state index is 0.461. The highest BCUT2D eigenvalue weighted by molar-refractivity contribution is 5.94. The van der Waals surface area contributed by atoms with Crippen molar-refractivity contribution in [2.75, 3.05) is 26.1 Å². The van der Waals surface area contributed by atoms with Gasteiger partial charge in [-0.2, -0.15) is 0 Å². The lowest BCUT2D eigenvalue weighted by atomic mass is 10.2. The average Bonchev–Trinajstić information content (AvgIpc) is 2.43. The SMILES string of the molecule is COc1ccc(NC(=NCC(C)C)NN)c(OC)c1. The van der Waals surface area contributed by atoms with Gasteiger partial charge in [0.2, 0.25) is 5.96 Å². The average molecular weight is 266 g/mol. The number of hydrogen-bond donors (Lipinski definition) is 3. The van der Waals surface area contributed by atoms with Crippen molar-refractivity contribution in [3.05, 3.63) is 18.2 Å². The third kappa shape index (κ3) is 4.67. The first-order chi connectivity index (χ1) is 9.10. The van der Waals surface area contributed by atoms with Crippen LogP contribution >= 0.6 is 0 Å². The predicted molar refractivity (Wildman–Crippen MR) is 77.6 cm³/mol. The van der Waals surface area contributed by atoms with Gasteiger partial charge in [-0.15, -0.1) is 0 Å². The molecule has 106 valence electrons. The zero-order valence-corrected chi connectivity index (χ0v) is 11.9. The van der Waals surface area contributed by atoms with Crippen LogP contribution < -0.4 is 26.1 Å². The molecule has 0 aliphatic carbocycles. The molecular weight excluding hydrogens is 244 g/mol. The lowest BCUT2D eigenvalue weighted by molar-refractivity contribution is 0.395. The van der Waals surface area contributed by atoms with Crippen molar-refractivity contribution in [2.24, 2.45) is 16.8 Å². The van der Waals surface area contributed by atoms with Gasteiger partial charge in [0.25, 0.3) is 0 Å². The summed E-state index contributed by atoms with van der Waals surface area (Å²) in [6.07, 6.45) is 0. The van der Waals surface area contributed by atoms with Crippen molar-refractivity contribution in [3.63, 3.8) is 0 Å². The van der Waals surface area contributed by atoms with Gasteiger partial charge in [0.1, 0.15) is 11.5 Å². The monoisotopic (exact) mass is 266 g/mol. The second-order valence-corrected chi connectivity index (χ2v) is 4.42. The first kappa shape index (κ1) is 15.1. The maximum absolute atomic E-state index is 5.45. The van der Waals surface area contributed by atoms with Crippen LogP contribution in [0.25, 0.3) is 0 Å². The van der Waals surface area contributed by atoms with Crippen LogP contribution in [0.2, 0.25) is 0 Å². The Morgan fingerprint density at radius 1 is 1.32 bits per heavy atom. The van der Waals surface area contributed by atoms with Crippen molar-refractivity contribution < 1.29 is 9.47 Å². The first-order valence-corrected chi connectivity index (χ1v) is 6.10. The Labute approximate surface area is 114 Å². The Balaban J connectivity index is 2.87. The summed E-state index contributed by atoms with van der Waals surface area (Å²) in [7, 11) is 3.21. The number of guanidine groups is 1. The third-order valence-corrected chi connectivity index (χ3v) is 2.41. The molecule has 0 aliphatic heterocycles. The van der Waals surface area contributed by atoms with Gasteiger partial charge in [-0.3, -0.25) is 10.4 Å². The van der Waals surface area contributed by atoms with Crippen molar-refractivity contribution >= 4 is 11.6 Å². The van der Waals surface area contributed by atoms with Crippen LogP contribution in [0.15, 0.2) is 23.2 Å². The molecule has 1 rings (SSSR count). The van der Waals surface area contributed by atoms with E-state index in [9.17, 15) is 0 Å². The maximum Gasteiger partial charge on any atom is 0.210 e. The first-order valence-electron chi connectivity index (χ1n) is 6.10. The van der Waals surface area contributed by atoms with Crippen LogP contribution in [-0.2, 0) is 0 Å². The van der Waals surface area contributed by atoms with E-state index in [1.807, 2.05) is 12.1 Å². The summed E-state index contributed by atoms with van der Waals surface area (Å²) in [6.45, 7) is 4.86. The van der Waals surface area contributed by atoms with Gasteiger partial charge >= 0.3 is 0 Å². The Hall–Kier alpha value is -1.95. The topological polar surface area (TPSA) is 80.9 Å². The Morgan fingerprint density at radius 3 is 2.58 bits per heavy atom. The maximum atomic E-state index is 5.45. The highest BCUT2D eigenvalue weighted by Crippen LogP contribution is 2.28. The van der Waals surface area contributed by atoms with Gasteiger partial charge in [0.15, 0.2) is 0 Å². The molecule has 0 spiro atoms. The van der Waals surface area contributed by atoms with E-state index in [0.29, 0.717) is 24.2 Å². The fourth-order valence-electron chi connectivity index (χ4n) is 1.42. The molecule has 4 N–H and O–H groups in total. The number of anilines is 1. The largest absolute Gasteiger partial charge is 0.497 e. The van der Waals surface area contributed by atoms with Gasteiger partial charge in [0, 0.05) is 12.6 Å². The number of aliphatic imine (C=N–C) groups is 1. The van der Waals surface area contributed by atoms with Gasteiger partial charge in [0.05, 0.1) is 19.9 Å². The van der Waals surface area contributed by atoms with E-state index >= 15 is 0 Å². The molecule has 6 nitrogen and oxygen atoms in total. The quantitative estimate of drug-likeness (QED) is 0.326. The van der Waals surface area contributed by atoms with E-state index in [0.717, 1.165) is 11.4 Å². The number of hydrogen-bond acceptors (Lipinski definition) is 4. The molecule has 0 saturated carbocycles. The van der Waals surface area contributed by atoms with Crippen LogP contribution in [0.4, 0.5) is 5.69 Å². The van der Waals surface area contributed by atoms with Crippen LogP contribution in [0.3, 0.4) is 0 Å². The molecule has 0 aromatic heterocycles. The van der Waals surface area contributed by atoms with E-state index in [-0.39, 0.29) is 0 Å². The number of ether oxygens (including phenoxy) is 2. The van der Waals surface area contributed by atoms with Crippen LogP contribution in [-0.4, -0.2) is 26.7 Å². The molecule has 6 heteroatoms. The number of nitrogens with zero attached hydrogens (tertiary/aromatic N) is 1. The van der Waals surface area contributed by atoms with Crippen LogP contribution in [0.5, 0.6) is 11.5 Å². The van der Waals surface area contributed by atoms with Crippen LogP contribution in [0, 0.1) is 5.92 Å². The summed E-state index contributed by atoms with van der Waals surface area (Å²) in [5, 5.41) is 3.09. The lowest BCUT2D eigenvalue weighted by Crippen LogP contribution is -2.36. The molecule has 1 aromatic carbocycles. The van der Waals surface area contributed by atoms with E-state index in [1.165, 1.54) is 0 Å². The second-order valence-electron chi connectivity index (χ2n) is 4.42. The minimum Gasteiger partial charge on any atom is -0.497 e. The number of nitrogens with two attached hydrogens (primary N) is 1. The number of rotatable bonds is 5. The second kappa shape index (κ2) is 7.48. The molecule has 0 bridgehead atoms. The Kier molecular flexibility index (Phi) is 5.95. The third-order valence-electron chi connectivity index (χ3n) is 2.41. The number of nitrogens with one attached hydrogen (secondary N) is 2. The Morgan fingerprint density at radius 2 is 2.05 bits per heavy atom. The van der Waals surface area contributed by atoms with E-state index in [2.05, 4.69) is 29.6 Å². The molecular formula is C13H22N4O2. The van der Waals surface area contributed by atoms with Gasteiger partial charge in [-0.25, -0.2) is 5.84 Å². The molecule has 0 aliphatic rings. The molecule has 1 aromatic rings. The fraction of sp³-hybridized carbons (Fsp3) is 0.462. The van der Waals surface area contributed by atoms with Crippen molar-refractivity contribution in [1.29, 1.82) is 0 Å². The molecule has 0 unspecified atom stereocenters. The zero-order chi connectivity index (χ0) is 14.3. The molecule has 0 fully saturated rings. The Bertz CT molecular complexity index is 433. The molecule has 0 atom stereocenters. The van der Waals surface area contributed by atoms with Crippen molar-refractivity contribution in [1.82, 2.24) is 5.43 Å². The molecule has 19 heavy (non-hydrogen) atoms. The van der Waals surface area contributed by atoms with E-state index < -0.39 is 0 Å². The molecule has 0 heterocycles. The lowest BCUT2D eigenvalue weighted by Gasteiger charge is -2.14. The van der Waals surface area contributed by atoms with Crippen LogP contribution in [0.1, 0.15) is 13.8 Å². The molecule has 0 saturated heterocycles. The summed E-state index contributed by atoms with van der Waals surface area (Å²) in [4.78, 5) is 4.34. The van der Waals surface area contributed by atoms with E-state index in [4.69, 9.17) is 15.3 Å². The number of hydrazine groups is 1. The standard InChI is InChI=1S/C13H22N4O2/c1-9(2)8-15-13(17-14)16-11-6-5-10(18-3)7-12(11)19-4/h5-7,9H,8,14H2,1-4H3,(H2,15,16,17). The summed E-state index contributed by atoms with van der Waals surface area (Å²) in [6, 6.07) is 5.47. The fourth-order valence-corrected chi connectivity index (χ4v) is 1.42. The highest BCUT2D eigenvalue weighted by atomic mass is 16.5. The normalized spacial score (nSPS) is 11.4.